The van der Waals surface area contributed by atoms with E-state index in [4.69, 9.17) is 10.2 Å². The molecule has 6 heteroatoms. The first-order chi connectivity index (χ1) is 8.02. The molecule has 0 spiro atoms. The number of carboxylic acid groups (broad SMARTS) is 1. The van der Waals surface area contributed by atoms with Crippen LogP contribution in [0.15, 0.2) is 0 Å². The highest BCUT2D eigenvalue weighted by atomic mass is 16.4. The molecule has 1 rings (SSSR count). The van der Waals surface area contributed by atoms with Gasteiger partial charge in [-0.2, -0.15) is 0 Å². The van der Waals surface area contributed by atoms with Crippen LogP contribution >= 0.6 is 0 Å². The SMILES string of the molecule is CCC1(C(=O)NC[C@H](O)C(=O)O)CCCNC1. The molecule has 0 radical (unpaired) electrons. The largest absolute Gasteiger partial charge is 0.479 e. The number of rotatable bonds is 5. The molecule has 4 N–H and O–H groups in total. The van der Waals surface area contributed by atoms with Gasteiger partial charge in [-0.05, 0) is 25.8 Å². The van der Waals surface area contributed by atoms with Crippen molar-refractivity contribution in [3.63, 3.8) is 0 Å². The lowest BCUT2D eigenvalue weighted by Crippen LogP contribution is -2.51. The van der Waals surface area contributed by atoms with Crippen molar-refractivity contribution in [1.82, 2.24) is 10.6 Å². The first-order valence-electron chi connectivity index (χ1n) is 5.92. The van der Waals surface area contributed by atoms with Gasteiger partial charge in [0.05, 0.1) is 12.0 Å². The minimum absolute atomic E-state index is 0.174. The quantitative estimate of drug-likeness (QED) is 0.514. The first kappa shape index (κ1) is 13.9. The fraction of sp³-hybridized carbons (Fsp3) is 0.818. The van der Waals surface area contributed by atoms with E-state index in [0.717, 1.165) is 19.4 Å². The minimum atomic E-state index is -1.54. The standard InChI is InChI=1S/C11H20N2O4/c1-2-11(4-3-5-12-7-11)10(17)13-6-8(14)9(15)16/h8,12,14H,2-7H2,1H3,(H,13,17)(H,15,16)/t8-,11?/m0/s1. The third-order valence-electron chi connectivity index (χ3n) is 3.37. The van der Waals surface area contributed by atoms with E-state index < -0.39 is 17.5 Å². The van der Waals surface area contributed by atoms with Crippen LogP contribution in [0, 0.1) is 5.41 Å². The van der Waals surface area contributed by atoms with Gasteiger partial charge in [-0.25, -0.2) is 4.79 Å². The van der Waals surface area contributed by atoms with Crippen LogP contribution in [0.4, 0.5) is 0 Å². The summed E-state index contributed by atoms with van der Waals surface area (Å²) in [5.74, 6) is -1.50. The average Bonchev–Trinajstić information content (AvgIpc) is 2.36. The average molecular weight is 244 g/mol. The number of nitrogens with one attached hydrogen (secondary N) is 2. The molecule has 17 heavy (non-hydrogen) atoms. The van der Waals surface area contributed by atoms with Crippen molar-refractivity contribution in [2.45, 2.75) is 32.3 Å². The monoisotopic (exact) mass is 244 g/mol. The number of carbonyl (C=O) groups excluding carboxylic acids is 1. The molecule has 98 valence electrons. The van der Waals surface area contributed by atoms with E-state index in [0.29, 0.717) is 13.0 Å². The summed E-state index contributed by atoms with van der Waals surface area (Å²) in [6.45, 7) is 3.22. The van der Waals surface area contributed by atoms with Gasteiger partial charge in [-0.3, -0.25) is 4.79 Å². The van der Waals surface area contributed by atoms with Gasteiger partial charge in [0.15, 0.2) is 6.10 Å². The Balaban J connectivity index is 2.52. The molecule has 0 aromatic heterocycles. The van der Waals surface area contributed by atoms with E-state index in [2.05, 4.69) is 10.6 Å². The van der Waals surface area contributed by atoms with E-state index in [-0.39, 0.29) is 12.5 Å². The van der Waals surface area contributed by atoms with Crippen molar-refractivity contribution < 1.29 is 19.8 Å². The Kier molecular flexibility index (Phi) is 4.89. The number of aliphatic hydroxyl groups excluding tert-OH is 1. The Labute approximate surface area is 100 Å². The molecule has 1 unspecified atom stereocenters. The first-order valence-corrected chi connectivity index (χ1v) is 5.92. The molecule has 0 aliphatic carbocycles. The van der Waals surface area contributed by atoms with Gasteiger partial charge < -0.3 is 20.8 Å². The predicted octanol–water partition coefficient (Wildman–Crippen LogP) is -0.672. The summed E-state index contributed by atoms with van der Waals surface area (Å²) in [4.78, 5) is 22.4. The number of amides is 1. The topological polar surface area (TPSA) is 98.7 Å². The fourth-order valence-corrected chi connectivity index (χ4v) is 2.09. The zero-order valence-corrected chi connectivity index (χ0v) is 10.0. The maximum absolute atomic E-state index is 12.0. The maximum atomic E-state index is 12.0. The van der Waals surface area contributed by atoms with Gasteiger partial charge in [-0.1, -0.05) is 6.92 Å². The van der Waals surface area contributed by atoms with Crippen molar-refractivity contribution in [2.24, 2.45) is 5.41 Å². The van der Waals surface area contributed by atoms with Gasteiger partial charge in [0.2, 0.25) is 5.91 Å². The summed E-state index contributed by atoms with van der Waals surface area (Å²) in [5.41, 5.74) is -0.462. The lowest BCUT2D eigenvalue weighted by Gasteiger charge is -2.35. The van der Waals surface area contributed by atoms with Gasteiger partial charge in [0.1, 0.15) is 0 Å². The highest BCUT2D eigenvalue weighted by molar-refractivity contribution is 5.83. The Morgan fingerprint density at radius 1 is 1.53 bits per heavy atom. The van der Waals surface area contributed by atoms with Crippen LogP contribution in [0.1, 0.15) is 26.2 Å². The van der Waals surface area contributed by atoms with Crippen molar-refractivity contribution in [2.75, 3.05) is 19.6 Å². The van der Waals surface area contributed by atoms with Crippen LogP contribution in [0.5, 0.6) is 0 Å². The molecular weight excluding hydrogens is 224 g/mol. The van der Waals surface area contributed by atoms with E-state index in [1.165, 1.54) is 0 Å². The fourth-order valence-electron chi connectivity index (χ4n) is 2.09. The van der Waals surface area contributed by atoms with Crippen molar-refractivity contribution in [1.29, 1.82) is 0 Å². The number of aliphatic hydroxyl groups is 1. The third-order valence-corrected chi connectivity index (χ3v) is 3.37. The van der Waals surface area contributed by atoms with Gasteiger partial charge in [0, 0.05) is 6.54 Å². The van der Waals surface area contributed by atoms with Gasteiger partial charge in [0.25, 0.3) is 0 Å². The summed E-state index contributed by atoms with van der Waals surface area (Å²) < 4.78 is 0. The van der Waals surface area contributed by atoms with Gasteiger partial charge in [-0.15, -0.1) is 0 Å². The number of aliphatic carboxylic acids is 1. The Morgan fingerprint density at radius 3 is 2.71 bits per heavy atom. The molecule has 0 bridgehead atoms. The molecular formula is C11H20N2O4. The molecule has 0 aromatic carbocycles. The lowest BCUT2D eigenvalue weighted by molar-refractivity contribution is -0.146. The van der Waals surface area contributed by atoms with Crippen LogP contribution in [0.2, 0.25) is 0 Å². The second-order valence-corrected chi connectivity index (χ2v) is 4.48. The third kappa shape index (κ3) is 3.41. The molecule has 1 heterocycles. The van der Waals surface area contributed by atoms with E-state index >= 15 is 0 Å². The molecule has 2 atom stereocenters. The summed E-state index contributed by atoms with van der Waals surface area (Å²) in [7, 11) is 0. The number of piperidine rings is 1. The van der Waals surface area contributed by atoms with Crippen LogP contribution in [0.3, 0.4) is 0 Å². The molecule has 1 saturated heterocycles. The second-order valence-electron chi connectivity index (χ2n) is 4.48. The Morgan fingerprint density at radius 2 is 2.24 bits per heavy atom. The Hall–Kier alpha value is -1.14. The smallest absolute Gasteiger partial charge is 0.334 e. The number of hydrogen-bond acceptors (Lipinski definition) is 4. The molecule has 1 aliphatic heterocycles. The van der Waals surface area contributed by atoms with Crippen LogP contribution in [-0.4, -0.2) is 47.8 Å². The van der Waals surface area contributed by atoms with Gasteiger partial charge >= 0.3 is 5.97 Å². The van der Waals surface area contributed by atoms with Crippen LogP contribution < -0.4 is 10.6 Å². The second kappa shape index (κ2) is 5.97. The normalized spacial score (nSPS) is 26.2. The van der Waals surface area contributed by atoms with Crippen molar-refractivity contribution >= 4 is 11.9 Å². The molecule has 0 saturated carbocycles. The zero-order chi connectivity index (χ0) is 12.9. The van der Waals surface area contributed by atoms with Crippen molar-refractivity contribution in [3.8, 4) is 0 Å². The molecule has 1 amide bonds. The maximum Gasteiger partial charge on any atom is 0.334 e. The predicted molar refractivity (Wildman–Crippen MR) is 61.5 cm³/mol. The molecule has 1 fully saturated rings. The highest BCUT2D eigenvalue weighted by Crippen LogP contribution is 2.30. The number of carboxylic acids is 1. The number of hydrogen-bond donors (Lipinski definition) is 4. The molecule has 1 aliphatic rings. The molecule has 6 nitrogen and oxygen atoms in total. The number of carbonyl (C=O) groups is 2. The van der Waals surface area contributed by atoms with Crippen molar-refractivity contribution in [3.05, 3.63) is 0 Å². The lowest BCUT2D eigenvalue weighted by atomic mass is 9.77. The van der Waals surface area contributed by atoms with E-state index in [1.54, 1.807) is 0 Å². The highest BCUT2D eigenvalue weighted by Gasteiger charge is 2.37. The molecule has 0 aromatic rings. The summed E-state index contributed by atoms with van der Waals surface area (Å²) >= 11 is 0. The summed E-state index contributed by atoms with van der Waals surface area (Å²) in [6.07, 6.45) is 0.896. The van der Waals surface area contributed by atoms with Crippen LogP contribution in [-0.2, 0) is 9.59 Å². The van der Waals surface area contributed by atoms with E-state index in [1.807, 2.05) is 6.92 Å². The van der Waals surface area contributed by atoms with E-state index in [9.17, 15) is 9.59 Å². The Bertz CT molecular complexity index is 287. The minimum Gasteiger partial charge on any atom is -0.479 e. The summed E-state index contributed by atoms with van der Waals surface area (Å²) in [6, 6.07) is 0. The summed E-state index contributed by atoms with van der Waals surface area (Å²) in [5, 5.41) is 23.3. The zero-order valence-electron chi connectivity index (χ0n) is 10.0. The van der Waals surface area contributed by atoms with Crippen LogP contribution in [0.25, 0.3) is 0 Å².